The smallest absolute Gasteiger partial charge is 0.302 e. The summed E-state index contributed by atoms with van der Waals surface area (Å²) in [6.07, 6.45) is 5.37. The minimum Gasteiger partial charge on any atom is -0.493 e. The zero-order chi connectivity index (χ0) is 19.4. The minimum absolute atomic E-state index is 0.141. The first-order valence-corrected chi connectivity index (χ1v) is 8.87. The van der Waals surface area contributed by atoms with Crippen LogP contribution in [0.25, 0.3) is 10.9 Å². The molecule has 0 saturated carbocycles. The number of hydrogen-bond acceptors (Lipinski definition) is 4. The Labute approximate surface area is 164 Å². The molecule has 0 saturated heterocycles. The topological polar surface area (TPSA) is 76.2 Å². The lowest BCUT2D eigenvalue weighted by Crippen LogP contribution is -2.08. The highest BCUT2D eigenvalue weighted by Gasteiger charge is 2.17. The van der Waals surface area contributed by atoms with Crippen molar-refractivity contribution in [3.8, 4) is 24.0 Å². The number of aromatic nitrogens is 1. The van der Waals surface area contributed by atoms with Crippen molar-refractivity contribution in [1.29, 1.82) is 0 Å². The van der Waals surface area contributed by atoms with Crippen LogP contribution in [0.3, 0.4) is 0 Å². The molecule has 0 radical (unpaired) electrons. The second-order valence-corrected chi connectivity index (χ2v) is 6.69. The molecule has 2 aromatic carbocycles. The summed E-state index contributed by atoms with van der Waals surface area (Å²) < 4.78 is 7.80. The molecule has 0 aliphatic carbocycles. The molecule has 136 valence electrons. The first-order chi connectivity index (χ1) is 13.0. The zero-order valence-electron chi connectivity index (χ0n) is 14.5. The number of terminal acetylenes is 1. The van der Waals surface area contributed by atoms with Crippen molar-refractivity contribution >= 4 is 38.4 Å². The van der Waals surface area contributed by atoms with Crippen molar-refractivity contribution in [2.45, 2.75) is 13.5 Å². The van der Waals surface area contributed by atoms with Crippen LogP contribution in [0.2, 0.25) is 0 Å². The lowest BCUT2D eigenvalue weighted by atomic mass is 10.2. The number of rotatable bonds is 5. The Hall–Kier alpha value is -3.11. The predicted molar refractivity (Wildman–Crippen MR) is 106 cm³/mol. The van der Waals surface area contributed by atoms with Gasteiger partial charge in [-0.3, -0.25) is 9.36 Å². The molecule has 0 bridgehead atoms. The first-order valence-electron chi connectivity index (χ1n) is 8.08. The van der Waals surface area contributed by atoms with Crippen molar-refractivity contribution in [1.82, 2.24) is 4.57 Å². The molecule has 0 aliphatic heterocycles. The van der Waals surface area contributed by atoms with Crippen LogP contribution in [0, 0.1) is 19.3 Å². The van der Waals surface area contributed by atoms with E-state index >= 15 is 0 Å². The van der Waals surface area contributed by atoms with Crippen LogP contribution in [0.15, 0.2) is 57.2 Å². The summed E-state index contributed by atoms with van der Waals surface area (Å²) in [6.45, 7) is 1.81. The van der Waals surface area contributed by atoms with E-state index in [2.05, 4.69) is 32.1 Å². The summed E-state index contributed by atoms with van der Waals surface area (Å²) in [5.74, 6) is 2.39. The standard InChI is InChI=1S/C20H16BrN3O3/c1-3-10-24-16-9-8-14(21)11-15(16)19(20(24)26)23-22-18(25)12-27-17-7-5-4-6-13(17)2/h1,4-9,11,26H,10,12H2,2H3. The third-order valence-corrected chi connectivity index (χ3v) is 4.42. The van der Waals surface area contributed by atoms with E-state index in [0.29, 0.717) is 16.7 Å². The maximum Gasteiger partial charge on any atom is 0.302 e. The molecule has 0 atom stereocenters. The summed E-state index contributed by atoms with van der Waals surface area (Å²) >= 11 is 3.39. The van der Waals surface area contributed by atoms with Gasteiger partial charge in [-0.05, 0) is 36.8 Å². The van der Waals surface area contributed by atoms with E-state index in [4.69, 9.17) is 11.2 Å². The number of halogens is 1. The van der Waals surface area contributed by atoms with E-state index in [-0.39, 0.29) is 24.7 Å². The van der Waals surface area contributed by atoms with Gasteiger partial charge in [0.05, 0.1) is 12.1 Å². The van der Waals surface area contributed by atoms with Crippen molar-refractivity contribution < 1.29 is 14.6 Å². The maximum absolute atomic E-state index is 12.0. The van der Waals surface area contributed by atoms with Crippen LogP contribution in [0.1, 0.15) is 5.56 Å². The lowest BCUT2D eigenvalue weighted by Gasteiger charge is -2.05. The normalized spacial score (nSPS) is 11.0. The van der Waals surface area contributed by atoms with Crippen LogP contribution in [-0.4, -0.2) is 22.2 Å². The molecule has 3 aromatic rings. The maximum atomic E-state index is 12.0. The number of amides is 1. The van der Waals surface area contributed by atoms with Crippen molar-refractivity contribution in [2.24, 2.45) is 10.2 Å². The largest absolute Gasteiger partial charge is 0.493 e. The molecule has 6 nitrogen and oxygen atoms in total. The molecule has 0 fully saturated rings. The van der Waals surface area contributed by atoms with Gasteiger partial charge in [-0.15, -0.1) is 16.7 Å². The average Bonchev–Trinajstić information content (AvgIpc) is 2.90. The van der Waals surface area contributed by atoms with Gasteiger partial charge in [0.15, 0.2) is 12.3 Å². The van der Waals surface area contributed by atoms with Gasteiger partial charge in [0.2, 0.25) is 5.88 Å². The molecule has 7 heteroatoms. The van der Waals surface area contributed by atoms with Crippen molar-refractivity contribution in [3.63, 3.8) is 0 Å². The summed E-state index contributed by atoms with van der Waals surface area (Å²) in [7, 11) is 0. The number of carbonyl (C=O) groups is 1. The van der Waals surface area contributed by atoms with Crippen LogP contribution in [0.5, 0.6) is 11.6 Å². The molecule has 1 amide bonds. The van der Waals surface area contributed by atoms with Crippen molar-refractivity contribution in [3.05, 3.63) is 52.5 Å². The van der Waals surface area contributed by atoms with Crippen LogP contribution in [0.4, 0.5) is 5.69 Å². The lowest BCUT2D eigenvalue weighted by molar-refractivity contribution is -0.120. The van der Waals surface area contributed by atoms with Gasteiger partial charge in [0.25, 0.3) is 0 Å². The van der Waals surface area contributed by atoms with Gasteiger partial charge in [-0.2, -0.15) is 0 Å². The number of benzene rings is 2. The first kappa shape index (κ1) is 18.7. The molecular formula is C20H16BrN3O3. The van der Waals surface area contributed by atoms with E-state index in [9.17, 15) is 9.90 Å². The van der Waals surface area contributed by atoms with Gasteiger partial charge in [0, 0.05) is 9.86 Å². The Morgan fingerprint density at radius 1 is 1.33 bits per heavy atom. The number of para-hydroxylation sites is 1. The van der Waals surface area contributed by atoms with Gasteiger partial charge in [0.1, 0.15) is 5.75 Å². The van der Waals surface area contributed by atoms with Gasteiger partial charge in [-0.1, -0.05) is 40.0 Å². The molecular weight excluding hydrogens is 410 g/mol. The second-order valence-electron chi connectivity index (χ2n) is 5.77. The fourth-order valence-electron chi connectivity index (χ4n) is 2.64. The summed E-state index contributed by atoms with van der Waals surface area (Å²) in [5.41, 5.74) is 1.80. The van der Waals surface area contributed by atoms with Crippen LogP contribution < -0.4 is 4.74 Å². The SMILES string of the molecule is C#CCn1c(O)c(N=NC(=O)COc2ccccc2C)c2cc(Br)ccc21. The van der Waals surface area contributed by atoms with Crippen LogP contribution in [-0.2, 0) is 11.3 Å². The fraction of sp³-hybridized carbons (Fsp3) is 0.150. The number of fused-ring (bicyclic) bond motifs is 1. The number of aromatic hydroxyl groups is 1. The number of carbonyl (C=O) groups excluding carboxylic acids is 1. The number of nitrogens with zero attached hydrogens (tertiary/aromatic N) is 3. The summed E-state index contributed by atoms with van der Waals surface area (Å²) in [4.78, 5) is 12.0. The van der Waals surface area contributed by atoms with Crippen LogP contribution >= 0.6 is 15.9 Å². The Morgan fingerprint density at radius 2 is 2.11 bits per heavy atom. The molecule has 27 heavy (non-hydrogen) atoms. The minimum atomic E-state index is -0.564. The summed E-state index contributed by atoms with van der Waals surface area (Å²) in [5, 5.41) is 18.7. The Bertz CT molecular complexity index is 1080. The highest BCUT2D eigenvalue weighted by atomic mass is 79.9. The Morgan fingerprint density at radius 3 is 2.85 bits per heavy atom. The summed E-state index contributed by atoms with van der Waals surface area (Å²) in [6, 6.07) is 12.8. The monoisotopic (exact) mass is 425 g/mol. The van der Waals surface area contributed by atoms with Gasteiger partial charge >= 0.3 is 5.91 Å². The molecule has 1 N–H and O–H groups in total. The molecule has 0 unspecified atom stereocenters. The highest BCUT2D eigenvalue weighted by molar-refractivity contribution is 9.10. The number of aryl methyl sites for hydroxylation is 1. The fourth-order valence-corrected chi connectivity index (χ4v) is 3.00. The molecule has 0 spiro atoms. The van der Waals surface area contributed by atoms with Gasteiger partial charge < -0.3 is 9.84 Å². The second kappa shape index (κ2) is 8.06. The predicted octanol–water partition coefficient (Wildman–Crippen LogP) is 4.74. The van der Waals surface area contributed by atoms with Gasteiger partial charge in [-0.25, -0.2) is 0 Å². The third kappa shape index (κ3) is 4.01. The quantitative estimate of drug-likeness (QED) is 0.473. The number of hydrogen-bond donors (Lipinski definition) is 1. The van der Waals surface area contributed by atoms with E-state index in [1.165, 1.54) is 4.57 Å². The van der Waals surface area contributed by atoms with E-state index in [1.807, 2.05) is 31.2 Å². The zero-order valence-corrected chi connectivity index (χ0v) is 16.1. The highest BCUT2D eigenvalue weighted by Crippen LogP contribution is 2.39. The number of ether oxygens (including phenoxy) is 1. The molecule has 0 aliphatic rings. The van der Waals surface area contributed by atoms with Crippen molar-refractivity contribution in [2.75, 3.05) is 6.61 Å². The third-order valence-electron chi connectivity index (χ3n) is 3.93. The van der Waals surface area contributed by atoms with E-state index in [0.717, 1.165) is 10.0 Å². The van der Waals surface area contributed by atoms with E-state index < -0.39 is 5.91 Å². The molecule has 1 heterocycles. The van der Waals surface area contributed by atoms with E-state index in [1.54, 1.807) is 18.2 Å². The Balaban J connectivity index is 1.84. The Kier molecular flexibility index (Phi) is 5.57. The molecule has 3 rings (SSSR count). The molecule has 1 aromatic heterocycles. The number of azo groups is 1. The average molecular weight is 426 g/mol.